The molecular formula is C19H31IN6. The highest BCUT2D eigenvalue weighted by Crippen LogP contribution is 2.34. The van der Waals surface area contributed by atoms with Gasteiger partial charge < -0.3 is 15.5 Å². The maximum Gasteiger partial charge on any atom is 0.225 e. The maximum absolute atomic E-state index is 6.28. The normalized spacial score (nSPS) is 19.0. The number of allylic oxidation sites excluding steroid dienone is 1. The molecule has 0 aromatic carbocycles. The van der Waals surface area contributed by atoms with Gasteiger partial charge in [0.25, 0.3) is 0 Å². The van der Waals surface area contributed by atoms with Crippen LogP contribution in [0.5, 0.6) is 0 Å². The van der Waals surface area contributed by atoms with Gasteiger partial charge in [-0.05, 0) is 31.7 Å². The Bertz CT molecular complexity index is 620. The molecule has 3 rings (SSSR count). The standard InChI is InChI=1S/C19H30N6.HI/c1-19(2,16-7-4-3-5-8-16)15-23-17(20)24-11-13-25(14-12-24)18-21-9-6-10-22-18;/h6-7,9-10H,3-5,8,11-15H2,1-2H3,(H2,20,23);1H. The van der Waals surface area contributed by atoms with Crippen molar-refractivity contribution in [3.8, 4) is 0 Å². The van der Waals surface area contributed by atoms with E-state index in [0.29, 0.717) is 5.96 Å². The van der Waals surface area contributed by atoms with Crippen molar-refractivity contribution in [1.29, 1.82) is 0 Å². The van der Waals surface area contributed by atoms with E-state index < -0.39 is 0 Å². The number of anilines is 1. The lowest BCUT2D eigenvalue weighted by molar-refractivity contribution is 0.371. The maximum atomic E-state index is 6.28. The van der Waals surface area contributed by atoms with Gasteiger partial charge in [-0.3, -0.25) is 4.99 Å². The van der Waals surface area contributed by atoms with E-state index in [2.05, 4.69) is 39.7 Å². The van der Waals surface area contributed by atoms with Gasteiger partial charge in [-0.15, -0.1) is 24.0 Å². The molecular weight excluding hydrogens is 439 g/mol. The van der Waals surface area contributed by atoms with Gasteiger partial charge in [0.05, 0.1) is 6.54 Å². The molecule has 26 heavy (non-hydrogen) atoms. The van der Waals surface area contributed by atoms with E-state index in [-0.39, 0.29) is 29.4 Å². The second-order valence-electron chi connectivity index (χ2n) is 7.56. The summed E-state index contributed by atoms with van der Waals surface area (Å²) in [7, 11) is 0. The number of rotatable bonds is 4. The summed E-state index contributed by atoms with van der Waals surface area (Å²) in [4.78, 5) is 17.7. The zero-order valence-corrected chi connectivity index (χ0v) is 18.2. The van der Waals surface area contributed by atoms with Gasteiger partial charge in [0.2, 0.25) is 5.95 Å². The van der Waals surface area contributed by atoms with E-state index in [1.807, 2.05) is 6.07 Å². The SMILES string of the molecule is CC(C)(CN=C(N)N1CCN(c2ncccn2)CC1)C1=CCCCC1.I. The number of hydrogen-bond donors (Lipinski definition) is 1. The molecule has 7 heteroatoms. The molecule has 0 unspecified atom stereocenters. The number of aliphatic imine (C=N–C) groups is 1. The minimum Gasteiger partial charge on any atom is -0.370 e. The van der Waals surface area contributed by atoms with Crippen LogP contribution in [0.1, 0.15) is 39.5 Å². The molecule has 0 amide bonds. The number of guanidine groups is 1. The number of piperazine rings is 1. The lowest BCUT2D eigenvalue weighted by Crippen LogP contribution is -2.51. The third-order valence-electron chi connectivity index (χ3n) is 5.24. The molecule has 1 aromatic heterocycles. The highest BCUT2D eigenvalue weighted by Gasteiger charge is 2.25. The van der Waals surface area contributed by atoms with Crippen molar-refractivity contribution in [1.82, 2.24) is 14.9 Å². The van der Waals surface area contributed by atoms with Crippen LogP contribution in [0.15, 0.2) is 35.1 Å². The molecule has 0 saturated carbocycles. The molecule has 1 aromatic rings. The summed E-state index contributed by atoms with van der Waals surface area (Å²) in [6, 6.07) is 1.84. The van der Waals surface area contributed by atoms with Crippen LogP contribution < -0.4 is 10.6 Å². The molecule has 0 radical (unpaired) electrons. The van der Waals surface area contributed by atoms with Crippen LogP contribution in [-0.2, 0) is 0 Å². The van der Waals surface area contributed by atoms with Gasteiger partial charge >= 0.3 is 0 Å². The van der Waals surface area contributed by atoms with Crippen molar-refractivity contribution >= 4 is 35.9 Å². The van der Waals surface area contributed by atoms with Crippen LogP contribution in [0, 0.1) is 5.41 Å². The Morgan fingerprint density at radius 1 is 1.15 bits per heavy atom. The summed E-state index contributed by atoms with van der Waals surface area (Å²) in [6.45, 7) is 8.78. The average Bonchev–Trinajstić information content (AvgIpc) is 2.68. The van der Waals surface area contributed by atoms with Gasteiger partial charge in [0.1, 0.15) is 0 Å². The quantitative estimate of drug-likeness (QED) is 0.317. The monoisotopic (exact) mass is 470 g/mol. The van der Waals surface area contributed by atoms with Gasteiger partial charge in [0.15, 0.2) is 5.96 Å². The molecule has 1 aliphatic heterocycles. The molecule has 1 saturated heterocycles. The van der Waals surface area contributed by atoms with E-state index in [1.54, 1.807) is 18.0 Å². The van der Waals surface area contributed by atoms with E-state index in [1.165, 1.54) is 25.7 Å². The number of aromatic nitrogens is 2. The summed E-state index contributed by atoms with van der Waals surface area (Å²) < 4.78 is 0. The summed E-state index contributed by atoms with van der Waals surface area (Å²) in [5.41, 5.74) is 7.92. The van der Waals surface area contributed by atoms with E-state index in [0.717, 1.165) is 38.7 Å². The Kier molecular flexibility index (Phi) is 7.67. The van der Waals surface area contributed by atoms with Gasteiger partial charge in [0, 0.05) is 44.0 Å². The summed E-state index contributed by atoms with van der Waals surface area (Å²) >= 11 is 0. The zero-order valence-electron chi connectivity index (χ0n) is 15.9. The second-order valence-corrected chi connectivity index (χ2v) is 7.56. The minimum atomic E-state index is 0. The van der Waals surface area contributed by atoms with Crippen molar-refractivity contribution < 1.29 is 0 Å². The third-order valence-corrected chi connectivity index (χ3v) is 5.24. The summed E-state index contributed by atoms with van der Waals surface area (Å²) in [6.07, 6.45) is 11.0. The fraction of sp³-hybridized carbons (Fsp3) is 0.632. The number of nitrogens with two attached hydrogens (primary N) is 1. The first-order valence-corrected chi connectivity index (χ1v) is 9.32. The molecule has 0 atom stereocenters. The Morgan fingerprint density at radius 2 is 1.85 bits per heavy atom. The summed E-state index contributed by atoms with van der Waals surface area (Å²) in [5, 5.41) is 0. The van der Waals surface area contributed by atoms with Crippen LogP contribution in [0.25, 0.3) is 0 Å². The minimum absolute atomic E-state index is 0. The highest BCUT2D eigenvalue weighted by atomic mass is 127. The van der Waals surface area contributed by atoms with E-state index in [9.17, 15) is 0 Å². The molecule has 6 nitrogen and oxygen atoms in total. The molecule has 2 N–H and O–H groups in total. The zero-order chi connectivity index (χ0) is 17.7. The predicted octanol–water partition coefficient (Wildman–Crippen LogP) is 3.06. The first-order valence-electron chi connectivity index (χ1n) is 9.32. The van der Waals surface area contributed by atoms with Gasteiger partial charge in [-0.2, -0.15) is 0 Å². The number of nitrogens with zero attached hydrogens (tertiary/aromatic N) is 5. The second kappa shape index (κ2) is 9.53. The molecule has 2 aliphatic rings. The smallest absolute Gasteiger partial charge is 0.225 e. The first kappa shape index (κ1) is 20.9. The van der Waals surface area contributed by atoms with Crippen LogP contribution in [0.2, 0.25) is 0 Å². The lowest BCUT2D eigenvalue weighted by atomic mass is 9.78. The van der Waals surface area contributed by atoms with Crippen molar-refractivity contribution in [2.45, 2.75) is 39.5 Å². The van der Waals surface area contributed by atoms with Gasteiger partial charge in [-0.1, -0.05) is 25.5 Å². The largest absolute Gasteiger partial charge is 0.370 e. The summed E-state index contributed by atoms with van der Waals surface area (Å²) in [5.74, 6) is 1.46. The van der Waals surface area contributed by atoms with Gasteiger partial charge in [-0.25, -0.2) is 9.97 Å². The fourth-order valence-electron chi connectivity index (χ4n) is 3.52. The number of halogens is 1. The predicted molar refractivity (Wildman–Crippen MR) is 118 cm³/mol. The van der Waals surface area contributed by atoms with E-state index in [4.69, 9.17) is 10.7 Å². The first-order chi connectivity index (χ1) is 12.1. The fourth-order valence-corrected chi connectivity index (χ4v) is 3.52. The topological polar surface area (TPSA) is 70.6 Å². The van der Waals surface area contributed by atoms with Crippen molar-refractivity contribution in [3.05, 3.63) is 30.1 Å². The van der Waals surface area contributed by atoms with Crippen LogP contribution >= 0.6 is 24.0 Å². The molecule has 1 aliphatic carbocycles. The van der Waals surface area contributed by atoms with Crippen molar-refractivity contribution in [2.75, 3.05) is 37.6 Å². The van der Waals surface area contributed by atoms with Crippen LogP contribution in [0.3, 0.4) is 0 Å². The van der Waals surface area contributed by atoms with Crippen LogP contribution in [-0.4, -0.2) is 53.6 Å². The molecule has 1 fully saturated rings. The van der Waals surface area contributed by atoms with Crippen LogP contribution in [0.4, 0.5) is 5.95 Å². The van der Waals surface area contributed by atoms with Crippen molar-refractivity contribution in [2.24, 2.45) is 16.1 Å². The number of hydrogen-bond acceptors (Lipinski definition) is 4. The Hall–Kier alpha value is -1.38. The molecule has 0 spiro atoms. The Balaban J connectivity index is 0.00000243. The lowest BCUT2D eigenvalue weighted by Gasteiger charge is -2.35. The molecule has 144 valence electrons. The molecule has 0 bridgehead atoms. The Morgan fingerprint density at radius 3 is 2.46 bits per heavy atom. The van der Waals surface area contributed by atoms with E-state index >= 15 is 0 Å². The van der Waals surface area contributed by atoms with Crippen molar-refractivity contribution in [3.63, 3.8) is 0 Å². The Labute approximate surface area is 174 Å². The molecule has 2 heterocycles. The average molecular weight is 470 g/mol. The third kappa shape index (κ3) is 5.31. The highest BCUT2D eigenvalue weighted by molar-refractivity contribution is 14.0.